The summed E-state index contributed by atoms with van der Waals surface area (Å²) in [4.78, 5) is 12.2. The number of amides is 1. The molecule has 0 aromatic rings. The normalized spacial score (nSPS) is 26.7. The number of nitrogens with one attached hydrogen (secondary N) is 1. The second kappa shape index (κ2) is 5.85. The fourth-order valence-electron chi connectivity index (χ4n) is 2.60. The zero-order chi connectivity index (χ0) is 13.1. The third-order valence-corrected chi connectivity index (χ3v) is 4.30. The first-order valence-corrected chi connectivity index (χ1v) is 6.99. The number of nitrogens with two attached hydrogens (primary N) is 1. The van der Waals surface area contributed by atoms with Gasteiger partial charge in [0.25, 0.3) is 0 Å². The summed E-state index contributed by atoms with van der Waals surface area (Å²) in [5.74, 6) is 0.427. The molecule has 0 radical (unpaired) electrons. The van der Waals surface area contributed by atoms with Gasteiger partial charge in [0.2, 0.25) is 5.91 Å². The van der Waals surface area contributed by atoms with E-state index in [4.69, 9.17) is 5.73 Å². The van der Waals surface area contributed by atoms with Crippen LogP contribution in [0.5, 0.6) is 0 Å². The van der Waals surface area contributed by atoms with Crippen molar-refractivity contribution in [3.63, 3.8) is 0 Å². The highest BCUT2D eigenvalue weighted by molar-refractivity contribution is 5.79. The minimum atomic E-state index is 0.0542. The number of hydrogen-bond acceptors (Lipinski definition) is 2. The van der Waals surface area contributed by atoms with E-state index < -0.39 is 0 Å². The number of hydrogen-bond donors (Lipinski definition) is 2. The topological polar surface area (TPSA) is 55.1 Å². The summed E-state index contributed by atoms with van der Waals surface area (Å²) >= 11 is 0. The van der Waals surface area contributed by atoms with Gasteiger partial charge < -0.3 is 11.1 Å². The number of carbonyl (C=O) groups excluding carboxylic acids is 1. The molecule has 0 aromatic heterocycles. The first-order valence-electron chi connectivity index (χ1n) is 6.99. The molecule has 1 aliphatic rings. The van der Waals surface area contributed by atoms with Gasteiger partial charge in [0.05, 0.1) is 0 Å². The van der Waals surface area contributed by atoms with E-state index in [-0.39, 0.29) is 29.3 Å². The van der Waals surface area contributed by atoms with Gasteiger partial charge in [-0.15, -0.1) is 0 Å². The van der Waals surface area contributed by atoms with Gasteiger partial charge in [0, 0.05) is 23.4 Å². The predicted octanol–water partition coefficient (Wildman–Crippen LogP) is 2.44. The van der Waals surface area contributed by atoms with Gasteiger partial charge in [-0.3, -0.25) is 4.79 Å². The van der Waals surface area contributed by atoms with E-state index in [1.165, 1.54) is 0 Å². The lowest BCUT2D eigenvalue weighted by atomic mass is 9.63. The molecule has 1 rings (SSSR count). The Morgan fingerprint density at radius 2 is 1.88 bits per heavy atom. The van der Waals surface area contributed by atoms with Gasteiger partial charge in [-0.05, 0) is 19.3 Å². The van der Waals surface area contributed by atoms with Crippen molar-refractivity contribution >= 4 is 5.91 Å². The van der Waals surface area contributed by atoms with Crippen LogP contribution in [0.4, 0.5) is 0 Å². The molecule has 2 unspecified atom stereocenters. The van der Waals surface area contributed by atoms with Crippen LogP contribution in [0, 0.1) is 11.3 Å². The maximum atomic E-state index is 12.2. The predicted molar refractivity (Wildman–Crippen MR) is 71.6 cm³/mol. The molecule has 0 bridgehead atoms. The third kappa shape index (κ3) is 3.21. The summed E-state index contributed by atoms with van der Waals surface area (Å²) < 4.78 is 0. The van der Waals surface area contributed by atoms with E-state index in [1.54, 1.807) is 0 Å². The second-order valence-corrected chi connectivity index (χ2v) is 6.00. The van der Waals surface area contributed by atoms with Crippen LogP contribution in [0.25, 0.3) is 0 Å². The highest BCUT2D eigenvalue weighted by Gasteiger charge is 2.46. The number of rotatable bonds is 6. The van der Waals surface area contributed by atoms with Crippen molar-refractivity contribution in [1.29, 1.82) is 0 Å². The lowest BCUT2D eigenvalue weighted by Crippen LogP contribution is -2.65. The Morgan fingerprint density at radius 1 is 1.35 bits per heavy atom. The third-order valence-electron chi connectivity index (χ3n) is 4.30. The molecule has 2 atom stereocenters. The standard InChI is InChI=1S/C14H28N2O/c1-5-7-10(8-6-2)13(17)16-12-9-11(15)14(12,3)4/h10-12H,5-9,15H2,1-4H3,(H,16,17). The van der Waals surface area contributed by atoms with Gasteiger partial charge in [-0.25, -0.2) is 0 Å². The van der Waals surface area contributed by atoms with Crippen molar-refractivity contribution in [3.05, 3.63) is 0 Å². The molecule has 1 amide bonds. The quantitative estimate of drug-likeness (QED) is 0.749. The molecule has 3 heteroatoms. The van der Waals surface area contributed by atoms with E-state index in [0.29, 0.717) is 0 Å². The van der Waals surface area contributed by atoms with Crippen molar-refractivity contribution in [2.75, 3.05) is 0 Å². The average molecular weight is 240 g/mol. The molecule has 17 heavy (non-hydrogen) atoms. The molecule has 0 spiro atoms. The maximum Gasteiger partial charge on any atom is 0.223 e. The lowest BCUT2D eigenvalue weighted by molar-refractivity contribution is -0.128. The van der Waals surface area contributed by atoms with Crippen molar-refractivity contribution in [3.8, 4) is 0 Å². The molecule has 100 valence electrons. The highest BCUT2D eigenvalue weighted by Crippen LogP contribution is 2.39. The highest BCUT2D eigenvalue weighted by atomic mass is 16.2. The van der Waals surface area contributed by atoms with Gasteiger partial charge in [0.15, 0.2) is 0 Å². The van der Waals surface area contributed by atoms with Crippen LogP contribution in [-0.4, -0.2) is 18.0 Å². The van der Waals surface area contributed by atoms with Gasteiger partial charge in [-0.2, -0.15) is 0 Å². The zero-order valence-corrected chi connectivity index (χ0v) is 11.8. The van der Waals surface area contributed by atoms with Crippen molar-refractivity contribution < 1.29 is 4.79 Å². The number of carbonyl (C=O) groups is 1. The summed E-state index contributed by atoms with van der Waals surface area (Å²) in [6.45, 7) is 8.56. The fraction of sp³-hybridized carbons (Fsp3) is 0.929. The summed E-state index contributed by atoms with van der Waals surface area (Å²) in [6, 6.07) is 0.491. The van der Waals surface area contributed by atoms with Crippen LogP contribution >= 0.6 is 0 Å². The first-order chi connectivity index (χ1) is 7.93. The molecule has 3 N–H and O–H groups in total. The Hall–Kier alpha value is -0.570. The van der Waals surface area contributed by atoms with E-state index in [0.717, 1.165) is 32.1 Å². The smallest absolute Gasteiger partial charge is 0.223 e. The second-order valence-electron chi connectivity index (χ2n) is 6.00. The molecule has 0 saturated heterocycles. The minimum Gasteiger partial charge on any atom is -0.352 e. The van der Waals surface area contributed by atoms with Crippen LogP contribution in [0.1, 0.15) is 59.8 Å². The monoisotopic (exact) mass is 240 g/mol. The van der Waals surface area contributed by atoms with E-state index in [1.807, 2.05) is 0 Å². The Kier molecular flexibility index (Phi) is 4.99. The van der Waals surface area contributed by atoms with E-state index >= 15 is 0 Å². The first kappa shape index (κ1) is 14.5. The maximum absolute atomic E-state index is 12.2. The Bertz CT molecular complexity index is 257. The molecule has 0 aliphatic heterocycles. The summed E-state index contributed by atoms with van der Waals surface area (Å²) in [5, 5.41) is 3.19. The molecule has 1 aliphatic carbocycles. The van der Waals surface area contributed by atoms with Gasteiger partial charge >= 0.3 is 0 Å². The molecule has 3 nitrogen and oxygen atoms in total. The van der Waals surface area contributed by atoms with Gasteiger partial charge in [-0.1, -0.05) is 40.5 Å². The van der Waals surface area contributed by atoms with E-state index in [2.05, 4.69) is 33.0 Å². The van der Waals surface area contributed by atoms with Crippen LogP contribution < -0.4 is 11.1 Å². The van der Waals surface area contributed by atoms with Crippen LogP contribution in [0.3, 0.4) is 0 Å². The van der Waals surface area contributed by atoms with Crippen LogP contribution in [0.15, 0.2) is 0 Å². The van der Waals surface area contributed by atoms with E-state index in [9.17, 15) is 4.79 Å². The summed E-state index contributed by atoms with van der Waals surface area (Å²) in [6.07, 6.45) is 5.07. The zero-order valence-electron chi connectivity index (χ0n) is 11.8. The molecular formula is C14H28N2O. The molecule has 0 heterocycles. The Labute approximate surface area is 106 Å². The summed E-state index contributed by atoms with van der Waals surface area (Å²) in [7, 11) is 0. The summed E-state index contributed by atoms with van der Waals surface area (Å²) in [5.41, 5.74) is 6.02. The van der Waals surface area contributed by atoms with Gasteiger partial charge in [0.1, 0.15) is 0 Å². The van der Waals surface area contributed by atoms with Crippen molar-refractivity contribution in [1.82, 2.24) is 5.32 Å². The SMILES string of the molecule is CCCC(CCC)C(=O)NC1CC(N)C1(C)C. The largest absolute Gasteiger partial charge is 0.352 e. The Balaban J connectivity index is 2.47. The Morgan fingerprint density at radius 3 is 2.24 bits per heavy atom. The molecular weight excluding hydrogens is 212 g/mol. The fourth-order valence-corrected chi connectivity index (χ4v) is 2.60. The van der Waals surface area contributed by atoms with Crippen LogP contribution in [0.2, 0.25) is 0 Å². The molecule has 0 aromatic carbocycles. The lowest BCUT2D eigenvalue weighted by Gasteiger charge is -2.50. The van der Waals surface area contributed by atoms with Crippen molar-refractivity contribution in [2.45, 2.75) is 71.9 Å². The minimum absolute atomic E-state index is 0.0542. The molecule has 1 fully saturated rings. The molecule has 1 saturated carbocycles. The van der Waals surface area contributed by atoms with Crippen LogP contribution in [-0.2, 0) is 4.79 Å². The van der Waals surface area contributed by atoms with Crippen molar-refractivity contribution in [2.24, 2.45) is 17.1 Å². The average Bonchev–Trinajstić information content (AvgIpc) is 2.28.